The molecule has 2 rings (SSSR count). The quantitative estimate of drug-likeness (QED) is 0.695. The monoisotopic (exact) mass is 316 g/mol. The van der Waals surface area contributed by atoms with E-state index in [-0.39, 0.29) is 29.4 Å². The maximum absolute atomic E-state index is 12.0. The summed E-state index contributed by atoms with van der Waals surface area (Å²) in [4.78, 5) is 30.7. The first kappa shape index (κ1) is 16.2. The van der Waals surface area contributed by atoms with Crippen molar-refractivity contribution in [1.29, 1.82) is 0 Å². The lowest BCUT2D eigenvalue weighted by Crippen LogP contribution is -2.12. The molecule has 2 aromatic rings. The number of hydrogen-bond donors (Lipinski definition) is 3. The number of hydrogen-bond acceptors (Lipinski definition) is 7. The number of esters is 1. The van der Waals surface area contributed by atoms with E-state index < -0.39 is 11.9 Å². The summed E-state index contributed by atoms with van der Waals surface area (Å²) in [5, 5.41) is 8.98. The van der Waals surface area contributed by atoms with Gasteiger partial charge in [-0.3, -0.25) is 0 Å². The first-order chi connectivity index (χ1) is 10.9. The van der Waals surface area contributed by atoms with Gasteiger partial charge in [0.25, 0.3) is 0 Å². The number of nitrogens with zero attached hydrogens (tertiary/aromatic N) is 2. The first-order valence-electron chi connectivity index (χ1n) is 6.75. The van der Waals surface area contributed by atoms with Crippen LogP contribution in [0.2, 0.25) is 0 Å². The van der Waals surface area contributed by atoms with Crippen LogP contribution in [0.15, 0.2) is 24.5 Å². The fraction of sp³-hybridized carbons (Fsp3) is 0.200. The van der Waals surface area contributed by atoms with Gasteiger partial charge in [0.1, 0.15) is 22.8 Å². The highest BCUT2D eigenvalue weighted by Crippen LogP contribution is 2.14. The molecule has 0 aliphatic carbocycles. The van der Waals surface area contributed by atoms with Gasteiger partial charge in [-0.2, -0.15) is 0 Å². The predicted molar refractivity (Wildman–Crippen MR) is 83.0 cm³/mol. The Morgan fingerprint density at radius 1 is 1.13 bits per heavy atom. The third-order valence-corrected chi connectivity index (χ3v) is 3.10. The molecule has 0 aliphatic heterocycles. The highest BCUT2D eigenvalue weighted by Gasteiger charge is 2.14. The van der Waals surface area contributed by atoms with E-state index in [9.17, 15) is 9.59 Å². The molecule has 120 valence electrons. The molecule has 23 heavy (non-hydrogen) atoms. The largest absolute Gasteiger partial charge is 0.478 e. The number of carboxylic acid groups (broad SMARTS) is 1. The van der Waals surface area contributed by atoms with Crippen molar-refractivity contribution in [1.82, 2.24) is 9.97 Å². The average molecular weight is 316 g/mol. The Morgan fingerprint density at radius 2 is 1.78 bits per heavy atom. The number of nitrogens with two attached hydrogens (primary N) is 2. The van der Waals surface area contributed by atoms with E-state index >= 15 is 0 Å². The molecule has 0 spiro atoms. The van der Waals surface area contributed by atoms with Crippen LogP contribution >= 0.6 is 0 Å². The van der Waals surface area contributed by atoms with Gasteiger partial charge in [0.05, 0.1) is 6.61 Å². The zero-order valence-corrected chi connectivity index (χ0v) is 12.4. The second kappa shape index (κ2) is 6.73. The molecule has 2 heterocycles. The fourth-order valence-corrected chi connectivity index (χ4v) is 1.91. The summed E-state index contributed by atoms with van der Waals surface area (Å²) >= 11 is 0. The maximum atomic E-state index is 12.0. The van der Waals surface area contributed by atoms with Crippen molar-refractivity contribution < 1.29 is 19.4 Å². The highest BCUT2D eigenvalue weighted by molar-refractivity contribution is 5.94. The number of aromatic carboxylic acids is 1. The standard InChI is InChI=1S/C15H16N4O4/c1-8-4-11(13(17)18-6-8)15(22)23-3-2-9-5-10(14(20)21)12(16)19-7-9/h4-7H,2-3H2,1H3,(H2,16,19)(H2,17,18)(H,20,21). The van der Waals surface area contributed by atoms with Crippen molar-refractivity contribution in [2.24, 2.45) is 0 Å². The van der Waals surface area contributed by atoms with Crippen molar-refractivity contribution in [2.45, 2.75) is 13.3 Å². The summed E-state index contributed by atoms with van der Waals surface area (Å²) in [6.07, 6.45) is 3.30. The molecule has 0 saturated carbocycles. The van der Waals surface area contributed by atoms with Gasteiger partial charge in [0.2, 0.25) is 0 Å². The smallest absolute Gasteiger partial charge is 0.341 e. The van der Waals surface area contributed by atoms with Crippen molar-refractivity contribution in [3.8, 4) is 0 Å². The van der Waals surface area contributed by atoms with E-state index in [2.05, 4.69) is 9.97 Å². The predicted octanol–water partition coefficient (Wildman–Crippen LogP) is 1.05. The van der Waals surface area contributed by atoms with Crippen LogP contribution in [-0.4, -0.2) is 33.6 Å². The van der Waals surface area contributed by atoms with Gasteiger partial charge in [-0.25, -0.2) is 19.6 Å². The number of carbonyl (C=O) groups excluding carboxylic acids is 1. The van der Waals surface area contributed by atoms with Crippen LogP contribution in [0, 0.1) is 6.92 Å². The summed E-state index contributed by atoms with van der Waals surface area (Å²) in [5.74, 6) is -1.70. The normalized spacial score (nSPS) is 10.3. The molecule has 2 aromatic heterocycles. The molecule has 5 N–H and O–H groups in total. The fourth-order valence-electron chi connectivity index (χ4n) is 1.91. The minimum Gasteiger partial charge on any atom is -0.478 e. The number of rotatable bonds is 5. The van der Waals surface area contributed by atoms with Crippen LogP contribution in [0.3, 0.4) is 0 Å². The first-order valence-corrected chi connectivity index (χ1v) is 6.75. The molecule has 0 aromatic carbocycles. The average Bonchev–Trinajstić information content (AvgIpc) is 2.51. The van der Waals surface area contributed by atoms with Crippen LogP contribution in [0.25, 0.3) is 0 Å². The minimum atomic E-state index is -1.16. The summed E-state index contributed by atoms with van der Waals surface area (Å²) in [6, 6.07) is 3.00. The second-order valence-electron chi connectivity index (χ2n) is 4.91. The van der Waals surface area contributed by atoms with Crippen molar-refractivity contribution in [3.63, 3.8) is 0 Å². The number of pyridine rings is 2. The number of carboxylic acids is 1. The molecule has 8 nitrogen and oxygen atoms in total. The number of aryl methyl sites for hydroxylation is 1. The molecule has 0 radical (unpaired) electrons. The molecular weight excluding hydrogens is 300 g/mol. The Balaban J connectivity index is 2.00. The molecule has 0 fully saturated rings. The van der Waals surface area contributed by atoms with Gasteiger partial charge < -0.3 is 21.3 Å². The third-order valence-electron chi connectivity index (χ3n) is 3.10. The van der Waals surface area contributed by atoms with Gasteiger partial charge in [-0.1, -0.05) is 0 Å². The minimum absolute atomic E-state index is 0.0525. The summed E-state index contributed by atoms with van der Waals surface area (Å²) in [7, 11) is 0. The van der Waals surface area contributed by atoms with Crippen LogP contribution in [0.4, 0.5) is 11.6 Å². The van der Waals surface area contributed by atoms with E-state index in [1.54, 1.807) is 19.2 Å². The molecule has 0 atom stereocenters. The zero-order valence-electron chi connectivity index (χ0n) is 12.4. The van der Waals surface area contributed by atoms with Gasteiger partial charge in [0.15, 0.2) is 0 Å². The van der Waals surface area contributed by atoms with E-state index in [0.29, 0.717) is 12.0 Å². The van der Waals surface area contributed by atoms with Crippen LogP contribution in [0.5, 0.6) is 0 Å². The molecule has 0 saturated heterocycles. The van der Waals surface area contributed by atoms with Crippen LogP contribution in [-0.2, 0) is 11.2 Å². The lowest BCUT2D eigenvalue weighted by molar-refractivity contribution is 0.0509. The van der Waals surface area contributed by atoms with Crippen molar-refractivity contribution >= 4 is 23.6 Å². The van der Waals surface area contributed by atoms with E-state index in [1.165, 1.54) is 12.3 Å². The Bertz CT molecular complexity index is 761. The molecule has 0 amide bonds. The number of carbonyl (C=O) groups is 2. The topological polar surface area (TPSA) is 141 Å². The van der Waals surface area contributed by atoms with Gasteiger partial charge >= 0.3 is 11.9 Å². The van der Waals surface area contributed by atoms with Gasteiger partial charge in [-0.05, 0) is 30.2 Å². The Morgan fingerprint density at radius 3 is 2.48 bits per heavy atom. The molecule has 0 bridgehead atoms. The molecule has 0 aliphatic rings. The number of aromatic nitrogens is 2. The van der Waals surface area contributed by atoms with Gasteiger partial charge in [-0.15, -0.1) is 0 Å². The van der Waals surface area contributed by atoms with E-state index in [4.69, 9.17) is 21.3 Å². The Labute approximate surface area is 132 Å². The van der Waals surface area contributed by atoms with Crippen LogP contribution in [0.1, 0.15) is 31.8 Å². The second-order valence-corrected chi connectivity index (χ2v) is 4.91. The highest BCUT2D eigenvalue weighted by atomic mass is 16.5. The summed E-state index contributed by atoms with van der Waals surface area (Å²) < 4.78 is 5.13. The molecule has 0 unspecified atom stereocenters. The summed E-state index contributed by atoms with van der Waals surface area (Å²) in [6.45, 7) is 1.84. The van der Waals surface area contributed by atoms with Crippen molar-refractivity contribution in [2.75, 3.05) is 18.1 Å². The lowest BCUT2D eigenvalue weighted by Gasteiger charge is -2.08. The lowest BCUT2D eigenvalue weighted by atomic mass is 10.1. The van der Waals surface area contributed by atoms with Gasteiger partial charge in [0, 0.05) is 18.8 Å². The Hall–Kier alpha value is -3.16. The number of nitrogen functional groups attached to an aromatic ring is 2. The maximum Gasteiger partial charge on any atom is 0.341 e. The number of ether oxygens (including phenoxy) is 1. The van der Waals surface area contributed by atoms with E-state index in [0.717, 1.165) is 5.56 Å². The van der Waals surface area contributed by atoms with Crippen molar-refractivity contribution in [3.05, 3.63) is 46.8 Å². The Kier molecular flexibility index (Phi) is 4.75. The molecular formula is C15H16N4O4. The molecule has 8 heteroatoms. The SMILES string of the molecule is Cc1cnc(N)c(C(=O)OCCc2cnc(N)c(C(=O)O)c2)c1. The van der Waals surface area contributed by atoms with E-state index in [1.807, 2.05) is 0 Å². The zero-order chi connectivity index (χ0) is 17.0. The van der Waals surface area contributed by atoms with Crippen LogP contribution < -0.4 is 11.5 Å². The number of anilines is 2. The summed E-state index contributed by atoms with van der Waals surface area (Å²) in [5.41, 5.74) is 12.6. The third kappa shape index (κ3) is 3.94.